The quantitative estimate of drug-likeness (QED) is 0.289. The number of guanidine groups is 1. The van der Waals surface area contributed by atoms with Crippen LogP contribution in [0.5, 0.6) is 5.75 Å². The first-order chi connectivity index (χ1) is 13.1. The molecule has 1 aliphatic heterocycles. The van der Waals surface area contributed by atoms with Gasteiger partial charge in [0, 0.05) is 24.5 Å². The molecule has 1 aromatic carbocycles. The summed E-state index contributed by atoms with van der Waals surface area (Å²) in [7, 11) is 0. The summed E-state index contributed by atoms with van der Waals surface area (Å²) in [5.41, 5.74) is 0. The smallest absolute Gasteiger partial charge is 0.191 e. The minimum atomic E-state index is -0.335. The number of rotatable bonds is 9. The average molecular weight is 525 g/mol. The molecule has 0 bridgehead atoms. The monoisotopic (exact) mass is 525 g/mol. The van der Waals surface area contributed by atoms with Crippen LogP contribution in [0.25, 0.3) is 0 Å². The lowest BCUT2D eigenvalue weighted by Gasteiger charge is -2.34. The van der Waals surface area contributed by atoms with Gasteiger partial charge in [-0.05, 0) is 44.6 Å². The van der Waals surface area contributed by atoms with Gasteiger partial charge in [0.05, 0.1) is 13.1 Å². The SMILES string of the molecule is CCNC(=NCC1(SC)CCOCC1)NCC(CC)Oc1ccccc1F.I. The summed E-state index contributed by atoms with van der Waals surface area (Å²) in [5, 5.41) is 6.63. The van der Waals surface area contributed by atoms with Crippen LogP contribution in [0, 0.1) is 5.82 Å². The third-order valence-corrected chi connectivity index (χ3v) is 6.19. The molecule has 0 aliphatic carbocycles. The minimum Gasteiger partial charge on any atom is -0.486 e. The van der Waals surface area contributed by atoms with Crippen LogP contribution < -0.4 is 15.4 Å². The van der Waals surface area contributed by atoms with Gasteiger partial charge in [-0.1, -0.05) is 19.1 Å². The molecule has 1 aromatic rings. The van der Waals surface area contributed by atoms with E-state index in [1.807, 2.05) is 25.6 Å². The first-order valence-corrected chi connectivity index (χ1v) is 10.9. The van der Waals surface area contributed by atoms with Crippen LogP contribution in [-0.2, 0) is 4.74 Å². The van der Waals surface area contributed by atoms with Crippen molar-refractivity contribution in [2.45, 2.75) is 44.0 Å². The molecule has 2 N–H and O–H groups in total. The first kappa shape index (κ1) is 25.3. The fourth-order valence-electron chi connectivity index (χ4n) is 2.93. The lowest BCUT2D eigenvalue weighted by Crippen LogP contribution is -2.44. The standard InChI is InChI=1S/C20H32FN3O2S.HI/c1-4-16(26-18-9-7-6-8-17(18)21)14-23-19(22-5-2)24-15-20(27-3)10-12-25-13-11-20;/h6-9,16H,4-5,10-15H2,1-3H3,(H2,22,23,24);1H. The third kappa shape index (κ3) is 7.94. The van der Waals surface area contributed by atoms with E-state index in [2.05, 4.69) is 16.9 Å². The fraction of sp³-hybridized carbons (Fsp3) is 0.650. The van der Waals surface area contributed by atoms with Crippen molar-refractivity contribution in [3.05, 3.63) is 30.1 Å². The largest absolute Gasteiger partial charge is 0.486 e. The highest BCUT2D eigenvalue weighted by atomic mass is 127. The molecule has 0 radical (unpaired) electrons. The molecule has 1 aliphatic rings. The van der Waals surface area contributed by atoms with Crippen LogP contribution >= 0.6 is 35.7 Å². The fourth-order valence-corrected chi connectivity index (χ4v) is 3.70. The number of hydrogen-bond donors (Lipinski definition) is 2. The van der Waals surface area contributed by atoms with Gasteiger partial charge in [0.2, 0.25) is 0 Å². The van der Waals surface area contributed by atoms with E-state index in [1.54, 1.807) is 18.2 Å². The summed E-state index contributed by atoms with van der Waals surface area (Å²) in [6.07, 6.45) is 4.82. The summed E-state index contributed by atoms with van der Waals surface area (Å²) in [6.45, 7) is 7.77. The number of aliphatic imine (C=N–C) groups is 1. The Kier molecular flexibility index (Phi) is 12.2. The minimum absolute atomic E-state index is 0. The molecule has 0 saturated carbocycles. The third-order valence-electron chi connectivity index (χ3n) is 4.79. The molecule has 1 unspecified atom stereocenters. The Bertz CT molecular complexity index is 601. The lowest BCUT2D eigenvalue weighted by molar-refractivity contribution is 0.0794. The number of ether oxygens (including phenoxy) is 2. The van der Waals surface area contributed by atoms with Crippen molar-refractivity contribution in [2.24, 2.45) is 4.99 Å². The first-order valence-electron chi connectivity index (χ1n) is 9.68. The molecule has 1 atom stereocenters. The zero-order valence-corrected chi connectivity index (χ0v) is 20.1. The number of thioether (sulfide) groups is 1. The van der Waals surface area contributed by atoms with Crippen LogP contribution in [0.2, 0.25) is 0 Å². The van der Waals surface area contributed by atoms with Gasteiger partial charge >= 0.3 is 0 Å². The Morgan fingerprint density at radius 3 is 2.61 bits per heavy atom. The van der Waals surface area contributed by atoms with E-state index in [1.165, 1.54) is 6.07 Å². The second-order valence-corrected chi connectivity index (χ2v) is 7.93. The molecule has 1 heterocycles. The van der Waals surface area contributed by atoms with Crippen LogP contribution in [0.4, 0.5) is 4.39 Å². The van der Waals surface area contributed by atoms with E-state index in [9.17, 15) is 4.39 Å². The highest BCUT2D eigenvalue weighted by molar-refractivity contribution is 14.0. The van der Waals surface area contributed by atoms with Crippen molar-refractivity contribution in [2.75, 3.05) is 39.1 Å². The van der Waals surface area contributed by atoms with E-state index in [-0.39, 0.29) is 46.4 Å². The van der Waals surface area contributed by atoms with Gasteiger partial charge in [-0.2, -0.15) is 11.8 Å². The van der Waals surface area contributed by atoms with Crippen molar-refractivity contribution in [1.82, 2.24) is 10.6 Å². The van der Waals surface area contributed by atoms with E-state index < -0.39 is 0 Å². The highest BCUT2D eigenvalue weighted by Gasteiger charge is 2.31. The predicted octanol–water partition coefficient (Wildman–Crippen LogP) is 4.07. The molecular formula is C20H33FIN3O2S. The molecule has 160 valence electrons. The summed E-state index contributed by atoms with van der Waals surface area (Å²) in [5.74, 6) is 0.725. The van der Waals surface area contributed by atoms with Crippen LogP contribution in [-0.4, -0.2) is 55.9 Å². The lowest BCUT2D eigenvalue weighted by atomic mass is 9.99. The molecule has 28 heavy (non-hydrogen) atoms. The predicted molar refractivity (Wildman–Crippen MR) is 127 cm³/mol. The molecule has 2 rings (SSSR count). The number of hydrogen-bond acceptors (Lipinski definition) is 4. The molecule has 0 aromatic heterocycles. The van der Waals surface area contributed by atoms with Crippen molar-refractivity contribution >= 4 is 41.7 Å². The molecule has 0 amide bonds. The molecule has 8 heteroatoms. The summed E-state index contributed by atoms with van der Waals surface area (Å²) in [6, 6.07) is 6.51. The van der Waals surface area contributed by atoms with Crippen LogP contribution in [0.3, 0.4) is 0 Å². The average Bonchev–Trinajstić information content (AvgIpc) is 2.71. The number of nitrogens with one attached hydrogen (secondary N) is 2. The molecule has 5 nitrogen and oxygen atoms in total. The Morgan fingerprint density at radius 2 is 2.00 bits per heavy atom. The number of para-hydroxylation sites is 1. The highest BCUT2D eigenvalue weighted by Crippen LogP contribution is 2.33. The van der Waals surface area contributed by atoms with Crippen LogP contribution in [0.1, 0.15) is 33.1 Å². The van der Waals surface area contributed by atoms with Crippen molar-refractivity contribution in [3.63, 3.8) is 0 Å². The topological polar surface area (TPSA) is 54.9 Å². The molecule has 1 fully saturated rings. The van der Waals surface area contributed by atoms with Gasteiger partial charge < -0.3 is 20.1 Å². The van der Waals surface area contributed by atoms with E-state index in [4.69, 9.17) is 14.5 Å². The molecule has 1 saturated heterocycles. The Balaban J connectivity index is 0.00000392. The van der Waals surface area contributed by atoms with Gasteiger partial charge in [0.25, 0.3) is 0 Å². The number of benzene rings is 1. The zero-order valence-electron chi connectivity index (χ0n) is 17.0. The molecular weight excluding hydrogens is 492 g/mol. The van der Waals surface area contributed by atoms with Crippen molar-refractivity contribution in [1.29, 1.82) is 0 Å². The van der Waals surface area contributed by atoms with Crippen molar-refractivity contribution in [3.8, 4) is 5.75 Å². The van der Waals surface area contributed by atoms with Crippen LogP contribution in [0.15, 0.2) is 29.3 Å². The van der Waals surface area contributed by atoms with Gasteiger partial charge in [-0.15, -0.1) is 24.0 Å². The normalized spacial score (nSPS) is 17.4. The second kappa shape index (κ2) is 13.5. The van der Waals surface area contributed by atoms with Gasteiger partial charge in [-0.25, -0.2) is 4.39 Å². The summed E-state index contributed by atoms with van der Waals surface area (Å²) in [4.78, 5) is 4.80. The summed E-state index contributed by atoms with van der Waals surface area (Å²) < 4.78 is 25.3. The molecule has 0 spiro atoms. The maximum atomic E-state index is 13.8. The Morgan fingerprint density at radius 1 is 1.29 bits per heavy atom. The van der Waals surface area contributed by atoms with Crippen molar-refractivity contribution < 1.29 is 13.9 Å². The Labute approximate surface area is 189 Å². The summed E-state index contributed by atoms with van der Waals surface area (Å²) >= 11 is 1.88. The van der Waals surface area contributed by atoms with E-state index in [0.717, 1.165) is 51.5 Å². The maximum absolute atomic E-state index is 13.8. The zero-order chi connectivity index (χ0) is 19.5. The van der Waals surface area contributed by atoms with Gasteiger partial charge in [0.15, 0.2) is 17.5 Å². The number of nitrogens with zero attached hydrogens (tertiary/aromatic N) is 1. The maximum Gasteiger partial charge on any atom is 0.191 e. The Hall–Kier alpha value is -0.740. The van der Waals surface area contributed by atoms with Gasteiger partial charge in [-0.3, -0.25) is 4.99 Å². The van der Waals surface area contributed by atoms with E-state index >= 15 is 0 Å². The van der Waals surface area contributed by atoms with E-state index in [0.29, 0.717) is 6.54 Å². The number of halogens is 2. The van der Waals surface area contributed by atoms with Gasteiger partial charge in [0.1, 0.15) is 6.10 Å². The second-order valence-electron chi connectivity index (χ2n) is 6.65.